The molecule has 1 aromatic heterocycles. The molecule has 0 spiro atoms. The molecule has 2 N–H and O–H groups in total. The van der Waals surface area contributed by atoms with Crippen LogP contribution in [-0.4, -0.2) is 19.0 Å². The summed E-state index contributed by atoms with van der Waals surface area (Å²) in [6.45, 7) is 0. The maximum Gasteiger partial charge on any atom is 0.349 e. The number of hydrogen-bond acceptors (Lipinski definition) is 4. The maximum atomic E-state index is 11.2. The third kappa shape index (κ3) is 3.11. The van der Waals surface area contributed by atoms with Crippen molar-refractivity contribution in [1.82, 2.24) is 0 Å². The molecule has 0 atom stereocenters. The molecule has 0 aliphatic rings. The lowest BCUT2D eigenvalue weighted by Gasteiger charge is -1.94. The Morgan fingerprint density at radius 2 is 2.33 bits per heavy atom. The third-order valence-electron chi connectivity index (χ3n) is 1.52. The minimum atomic E-state index is -0.489. The van der Waals surface area contributed by atoms with Gasteiger partial charge in [0.2, 0.25) is 5.91 Å². The van der Waals surface area contributed by atoms with Crippen LogP contribution in [0, 0.1) is 11.8 Å². The van der Waals surface area contributed by atoms with Crippen molar-refractivity contribution in [2.75, 3.05) is 7.11 Å². The van der Waals surface area contributed by atoms with Gasteiger partial charge in [0.25, 0.3) is 0 Å². The van der Waals surface area contributed by atoms with E-state index < -0.39 is 11.9 Å². The van der Waals surface area contributed by atoms with Crippen molar-refractivity contribution in [3.63, 3.8) is 0 Å². The van der Waals surface area contributed by atoms with Gasteiger partial charge in [-0.1, -0.05) is 11.8 Å². The number of primary amides is 1. The van der Waals surface area contributed by atoms with Gasteiger partial charge in [0.05, 0.1) is 13.5 Å². The fourth-order valence-corrected chi connectivity index (χ4v) is 1.65. The van der Waals surface area contributed by atoms with Gasteiger partial charge in [-0.25, -0.2) is 4.79 Å². The second kappa shape index (κ2) is 5.17. The lowest BCUT2D eigenvalue weighted by Crippen LogP contribution is -2.08. The van der Waals surface area contributed by atoms with E-state index in [1.165, 1.54) is 18.4 Å². The number of ether oxygens (including phenoxy) is 1. The Kier molecular flexibility index (Phi) is 3.89. The highest BCUT2D eigenvalue weighted by atomic mass is 32.1. The van der Waals surface area contributed by atoms with Gasteiger partial charge in [-0.05, 0) is 11.4 Å². The Morgan fingerprint density at radius 3 is 2.93 bits per heavy atom. The topological polar surface area (TPSA) is 69.4 Å². The molecule has 4 nitrogen and oxygen atoms in total. The van der Waals surface area contributed by atoms with Gasteiger partial charge in [-0.2, -0.15) is 0 Å². The van der Waals surface area contributed by atoms with Crippen LogP contribution in [0.2, 0.25) is 0 Å². The van der Waals surface area contributed by atoms with Crippen LogP contribution in [0.25, 0.3) is 0 Å². The first-order valence-corrected chi connectivity index (χ1v) is 4.96. The Morgan fingerprint density at radius 1 is 1.60 bits per heavy atom. The first-order chi connectivity index (χ1) is 7.15. The molecular formula is C10H9NO3S. The van der Waals surface area contributed by atoms with E-state index >= 15 is 0 Å². The van der Waals surface area contributed by atoms with E-state index in [1.807, 2.05) is 0 Å². The van der Waals surface area contributed by atoms with Gasteiger partial charge < -0.3 is 10.5 Å². The van der Waals surface area contributed by atoms with Gasteiger partial charge in [-0.15, -0.1) is 11.3 Å². The summed E-state index contributed by atoms with van der Waals surface area (Å²) in [6, 6.07) is 1.70. The summed E-state index contributed by atoms with van der Waals surface area (Å²) >= 11 is 1.25. The van der Waals surface area contributed by atoms with Crippen molar-refractivity contribution in [2.45, 2.75) is 6.42 Å². The van der Waals surface area contributed by atoms with Gasteiger partial charge in [-0.3, -0.25) is 4.79 Å². The van der Waals surface area contributed by atoms with Crippen LogP contribution in [0.5, 0.6) is 0 Å². The minimum absolute atomic E-state index is 0.0174. The fraction of sp³-hybridized carbons (Fsp3) is 0.200. The van der Waals surface area contributed by atoms with Crippen molar-refractivity contribution in [3.05, 3.63) is 21.9 Å². The van der Waals surface area contributed by atoms with E-state index in [1.54, 1.807) is 11.4 Å². The molecule has 0 saturated heterocycles. The normalized spacial score (nSPS) is 8.87. The van der Waals surface area contributed by atoms with Gasteiger partial charge in [0.15, 0.2) is 0 Å². The molecule has 0 saturated carbocycles. The SMILES string of the molecule is COC(=O)c1sccc1C#CCC(N)=O. The smallest absolute Gasteiger partial charge is 0.349 e. The number of hydrogen-bond donors (Lipinski definition) is 1. The predicted octanol–water partition coefficient (Wildman–Crippen LogP) is 0.762. The zero-order valence-electron chi connectivity index (χ0n) is 8.07. The van der Waals surface area contributed by atoms with E-state index in [-0.39, 0.29) is 6.42 Å². The predicted molar refractivity (Wildman–Crippen MR) is 56.3 cm³/mol. The summed E-state index contributed by atoms with van der Waals surface area (Å²) in [5.41, 5.74) is 5.49. The molecule has 78 valence electrons. The molecular weight excluding hydrogens is 214 g/mol. The molecule has 5 heteroatoms. The zero-order valence-corrected chi connectivity index (χ0v) is 8.89. The molecule has 0 unspecified atom stereocenters. The van der Waals surface area contributed by atoms with E-state index in [0.29, 0.717) is 10.4 Å². The van der Waals surface area contributed by atoms with Crippen LogP contribution < -0.4 is 5.73 Å². The van der Waals surface area contributed by atoms with E-state index in [2.05, 4.69) is 16.6 Å². The van der Waals surface area contributed by atoms with Crippen LogP contribution in [0.4, 0.5) is 0 Å². The summed E-state index contributed by atoms with van der Waals surface area (Å²) in [6.07, 6.45) is -0.0174. The molecule has 0 aromatic carbocycles. The number of carbonyl (C=O) groups excluding carboxylic acids is 2. The largest absolute Gasteiger partial charge is 0.465 e. The molecule has 0 bridgehead atoms. The maximum absolute atomic E-state index is 11.2. The average Bonchev–Trinajstić information content (AvgIpc) is 2.64. The minimum Gasteiger partial charge on any atom is -0.465 e. The molecule has 0 radical (unpaired) electrons. The van der Waals surface area contributed by atoms with Gasteiger partial charge >= 0.3 is 5.97 Å². The molecule has 1 rings (SSSR count). The highest BCUT2D eigenvalue weighted by Gasteiger charge is 2.11. The van der Waals surface area contributed by atoms with Crippen molar-refractivity contribution >= 4 is 23.2 Å². The summed E-state index contributed by atoms with van der Waals surface area (Å²) in [5.74, 6) is 4.37. The third-order valence-corrected chi connectivity index (χ3v) is 2.42. The Balaban J connectivity index is 2.85. The number of rotatable bonds is 2. The molecule has 1 aromatic rings. The van der Waals surface area contributed by atoms with Crippen LogP contribution >= 0.6 is 11.3 Å². The molecule has 0 aliphatic carbocycles. The summed E-state index contributed by atoms with van der Waals surface area (Å²) < 4.78 is 4.57. The number of methoxy groups -OCH3 is 1. The van der Waals surface area contributed by atoms with Crippen LogP contribution in [0.15, 0.2) is 11.4 Å². The highest BCUT2D eigenvalue weighted by molar-refractivity contribution is 7.12. The van der Waals surface area contributed by atoms with Gasteiger partial charge in [0.1, 0.15) is 4.88 Å². The average molecular weight is 223 g/mol. The fourth-order valence-electron chi connectivity index (χ4n) is 0.885. The van der Waals surface area contributed by atoms with Crippen LogP contribution in [-0.2, 0) is 9.53 Å². The molecule has 15 heavy (non-hydrogen) atoms. The zero-order chi connectivity index (χ0) is 11.3. The number of carbonyl (C=O) groups is 2. The van der Waals surface area contributed by atoms with E-state index in [4.69, 9.17) is 5.73 Å². The summed E-state index contributed by atoms with van der Waals surface area (Å²) in [4.78, 5) is 22.1. The van der Waals surface area contributed by atoms with E-state index in [9.17, 15) is 9.59 Å². The van der Waals surface area contributed by atoms with Crippen LogP contribution in [0.3, 0.4) is 0 Å². The lowest BCUT2D eigenvalue weighted by atomic mass is 10.2. The first-order valence-electron chi connectivity index (χ1n) is 4.08. The van der Waals surface area contributed by atoms with Crippen LogP contribution in [0.1, 0.15) is 21.7 Å². The monoisotopic (exact) mass is 223 g/mol. The molecule has 0 fully saturated rings. The highest BCUT2D eigenvalue weighted by Crippen LogP contribution is 2.16. The lowest BCUT2D eigenvalue weighted by molar-refractivity contribution is -0.117. The molecule has 1 heterocycles. The Bertz CT molecular complexity index is 439. The molecule has 0 aliphatic heterocycles. The summed E-state index contributed by atoms with van der Waals surface area (Å²) in [5, 5.41) is 1.74. The quantitative estimate of drug-likeness (QED) is 0.594. The number of esters is 1. The van der Waals surface area contributed by atoms with Crippen molar-refractivity contribution in [2.24, 2.45) is 5.73 Å². The first kappa shape index (κ1) is 11.3. The van der Waals surface area contributed by atoms with Crippen molar-refractivity contribution < 1.29 is 14.3 Å². The Hall–Kier alpha value is -1.80. The molecule has 1 amide bonds. The number of thiophene rings is 1. The van der Waals surface area contributed by atoms with Crippen molar-refractivity contribution in [3.8, 4) is 11.8 Å². The second-order valence-electron chi connectivity index (χ2n) is 2.60. The number of nitrogens with two attached hydrogens (primary N) is 1. The summed E-state index contributed by atoms with van der Waals surface area (Å²) in [7, 11) is 1.31. The van der Waals surface area contributed by atoms with Crippen molar-refractivity contribution in [1.29, 1.82) is 0 Å². The standard InChI is InChI=1S/C10H9NO3S/c1-14-10(13)9-7(5-6-15-9)3-2-4-8(11)12/h5-6H,4H2,1H3,(H2,11,12). The van der Waals surface area contributed by atoms with Gasteiger partial charge in [0, 0.05) is 5.56 Å². The second-order valence-corrected chi connectivity index (χ2v) is 3.52. The Labute approximate surface area is 91.0 Å². The number of amides is 1. The van der Waals surface area contributed by atoms with E-state index in [0.717, 1.165) is 0 Å².